The summed E-state index contributed by atoms with van der Waals surface area (Å²) in [4.78, 5) is 3.72. The molecule has 7 heteroatoms. The van der Waals surface area contributed by atoms with Crippen molar-refractivity contribution in [2.45, 2.75) is 4.90 Å². The van der Waals surface area contributed by atoms with E-state index in [1.54, 1.807) is 12.1 Å². The fourth-order valence-electron chi connectivity index (χ4n) is 1.49. The molecule has 19 heavy (non-hydrogen) atoms. The van der Waals surface area contributed by atoms with Gasteiger partial charge in [-0.3, -0.25) is 9.29 Å². The Kier molecular flexibility index (Phi) is 3.86. The van der Waals surface area contributed by atoms with Gasteiger partial charge in [-0.2, -0.15) is 0 Å². The Balaban J connectivity index is 2.45. The fraction of sp³-hybridized carbons (Fsp3) is 0.0833. The van der Waals surface area contributed by atoms with Crippen LogP contribution in [0.1, 0.15) is 0 Å². The van der Waals surface area contributed by atoms with Crippen LogP contribution in [0.4, 0.5) is 10.1 Å². The topological polar surface area (TPSA) is 50.3 Å². The highest BCUT2D eigenvalue weighted by Gasteiger charge is 2.22. The Bertz CT molecular complexity index is 692. The first-order chi connectivity index (χ1) is 8.93. The highest BCUT2D eigenvalue weighted by Crippen LogP contribution is 2.24. The largest absolute Gasteiger partial charge is 0.269 e. The second kappa shape index (κ2) is 5.26. The molecular weight excluding hydrogens is 335 g/mol. The predicted octanol–water partition coefficient (Wildman–Crippen LogP) is 2.81. The number of hydrogen-bond donors (Lipinski definition) is 0. The molecule has 1 heterocycles. The number of pyridine rings is 1. The number of nitrogens with zero attached hydrogens (tertiary/aromatic N) is 2. The quantitative estimate of drug-likeness (QED) is 0.860. The number of aromatic nitrogens is 1. The summed E-state index contributed by atoms with van der Waals surface area (Å²) in [5.74, 6) is -0.621. The van der Waals surface area contributed by atoms with E-state index < -0.39 is 15.8 Å². The van der Waals surface area contributed by atoms with Crippen molar-refractivity contribution >= 4 is 31.6 Å². The van der Waals surface area contributed by atoms with Gasteiger partial charge in [-0.15, -0.1) is 0 Å². The molecule has 0 saturated heterocycles. The molecule has 0 atom stereocenters. The van der Waals surface area contributed by atoms with Crippen LogP contribution >= 0.6 is 15.9 Å². The standard InChI is InChI=1S/C12H10BrFN2O2S/c1-16(9-4-6-15-7-5-9)19(17,18)10-2-3-11(13)12(14)8-10/h2-8H,1H3. The van der Waals surface area contributed by atoms with Gasteiger partial charge in [0.1, 0.15) is 5.82 Å². The van der Waals surface area contributed by atoms with E-state index in [2.05, 4.69) is 20.9 Å². The molecule has 100 valence electrons. The van der Waals surface area contributed by atoms with Gasteiger partial charge in [-0.25, -0.2) is 12.8 Å². The molecule has 0 spiro atoms. The SMILES string of the molecule is CN(c1ccncc1)S(=O)(=O)c1ccc(Br)c(F)c1. The van der Waals surface area contributed by atoms with Crippen molar-refractivity contribution in [2.24, 2.45) is 0 Å². The van der Waals surface area contributed by atoms with Crippen LogP contribution < -0.4 is 4.31 Å². The Hall–Kier alpha value is -1.47. The highest BCUT2D eigenvalue weighted by molar-refractivity contribution is 9.10. The Morgan fingerprint density at radius 3 is 2.42 bits per heavy atom. The van der Waals surface area contributed by atoms with Crippen molar-refractivity contribution in [3.63, 3.8) is 0 Å². The van der Waals surface area contributed by atoms with Gasteiger partial charge in [-0.1, -0.05) is 0 Å². The van der Waals surface area contributed by atoms with Gasteiger partial charge in [0, 0.05) is 19.4 Å². The lowest BCUT2D eigenvalue weighted by Crippen LogP contribution is -2.26. The summed E-state index contributed by atoms with van der Waals surface area (Å²) in [5, 5.41) is 0. The van der Waals surface area contributed by atoms with Crippen LogP contribution in [0.5, 0.6) is 0 Å². The Morgan fingerprint density at radius 2 is 1.84 bits per heavy atom. The average molecular weight is 345 g/mol. The van der Waals surface area contributed by atoms with E-state index in [1.807, 2.05) is 0 Å². The van der Waals surface area contributed by atoms with E-state index in [0.717, 1.165) is 10.4 Å². The van der Waals surface area contributed by atoms with E-state index in [4.69, 9.17) is 0 Å². The smallest absolute Gasteiger partial charge is 0.264 e. The van der Waals surface area contributed by atoms with Crippen LogP contribution in [0, 0.1) is 5.82 Å². The maximum Gasteiger partial charge on any atom is 0.264 e. The van der Waals surface area contributed by atoms with Crippen LogP contribution in [-0.2, 0) is 10.0 Å². The van der Waals surface area contributed by atoms with Gasteiger partial charge in [0.15, 0.2) is 0 Å². The first-order valence-corrected chi connectivity index (χ1v) is 7.50. The van der Waals surface area contributed by atoms with Gasteiger partial charge in [-0.05, 0) is 46.3 Å². The van der Waals surface area contributed by atoms with Gasteiger partial charge in [0.2, 0.25) is 0 Å². The summed E-state index contributed by atoms with van der Waals surface area (Å²) in [6, 6.07) is 6.82. The van der Waals surface area contributed by atoms with Gasteiger partial charge in [0.25, 0.3) is 10.0 Å². The van der Waals surface area contributed by atoms with E-state index in [-0.39, 0.29) is 9.37 Å². The molecule has 0 unspecified atom stereocenters. The number of rotatable bonds is 3. The van der Waals surface area contributed by atoms with Crippen LogP contribution in [0.25, 0.3) is 0 Å². The first-order valence-electron chi connectivity index (χ1n) is 5.27. The van der Waals surface area contributed by atoms with Crippen LogP contribution in [0.15, 0.2) is 52.1 Å². The summed E-state index contributed by atoms with van der Waals surface area (Å²) in [6.07, 6.45) is 2.98. The lowest BCUT2D eigenvalue weighted by Gasteiger charge is -2.19. The predicted molar refractivity (Wildman–Crippen MR) is 73.9 cm³/mol. The molecule has 0 radical (unpaired) electrons. The van der Waals surface area contributed by atoms with Crippen molar-refractivity contribution < 1.29 is 12.8 Å². The molecule has 1 aromatic carbocycles. The summed E-state index contributed by atoms with van der Waals surface area (Å²) in [5.41, 5.74) is 0.457. The zero-order valence-corrected chi connectivity index (χ0v) is 12.3. The minimum atomic E-state index is -3.79. The maximum atomic E-state index is 13.4. The zero-order chi connectivity index (χ0) is 14.0. The molecular formula is C12H10BrFN2O2S. The molecule has 0 bridgehead atoms. The van der Waals surface area contributed by atoms with E-state index in [9.17, 15) is 12.8 Å². The molecule has 0 N–H and O–H groups in total. The second-order valence-electron chi connectivity index (χ2n) is 3.75. The summed E-state index contributed by atoms with van der Waals surface area (Å²) < 4.78 is 39.4. The van der Waals surface area contributed by atoms with Crippen molar-refractivity contribution in [3.8, 4) is 0 Å². The van der Waals surface area contributed by atoms with Crippen molar-refractivity contribution in [2.75, 3.05) is 11.4 Å². The lowest BCUT2D eigenvalue weighted by atomic mass is 10.3. The molecule has 2 rings (SSSR count). The molecule has 4 nitrogen and oxygen atoms in total. The molecule has 0 amide bonds. The van der Waals surface area contributed by atoms with Crippen molar-refractivity contribution in [1.82, 2.24) is 4.98 Å². The Labute approximate surface area is 119 Å². The molecule has 0 aliphatic heterocycles. The molecule has 0 saturated carbocycles. The summed E-state index contributed by atoms with van der Waals surface area (Å²) >= 11 is 2.99. The summed E-state index contributed by atoms with van der Waals surface area (Å²) in [7, 11) is -2.38. The third-order valence-corrected chi connectivity index (χ3v) is 5.00. The molecule has 0 aliphatic carbocycles. The number of hydrogen-bond acceptors (Lipinski definition) is 3. The Morgan fingerprint density at radius 1 is 1.21 bits per heavy atom. The van der Waals surface area contributed by atoms with Gasteiger partial charge < -0.3 is 0 Å². The number of halogens is 2. The van der Waals surface area contributed by atoms with E-state index >= 15 is 0 Å². The first kappa shape index (κ1) is 14.0. The minimum Gasteiger partial charge on any atom is -0.269 e. The minimum absolute atomic E-state index is 0.104. The number of benzene rings is 1. The fourth-order valence-corrected chi connectivity index (χ4v) is 2.94. The van der Waals surface area contributed by atoms with Gasteiger partial charge in [0.05, 0.1) is 15.1 Å². The van der Waals surface area contributed by atoms with Crippen LogP contribution in [0.2, 0.25) is 0 Å². The zero-order valence-electron chi connectivity index (χ0n) is 9.92. The lowest BCUT2D eigenvalue weighted by molar-refractivity contribution is 0.588. The van der Waals surface area contributed by atoms with Gasteiger partial charge >= 0.3 is 0 Å². The normalized spacial score (nSPS) is 11.3. The number of sulfonamides is 1. The van der Waals surface area contributed by atoms with E-state index in [0.29, 0.717) is 5.69 Å². The third kappa shape index (κ3) is 2.76. The van der Waals surface area contributed by atoms with Crippen molar-refractivity contribution in [3.05, 3.63) is 53.0 Å². The third-order valence-electron chi connectivity index (χ3n) is 2.58. The molecule has 1 aromatic heterocycles. The van der Waals surface area contributed by atoms with Crippen LogP contribution in [-0.4, -0.2) is 20.4 Å². The van der Waals surface area contributed by atoms with Crippen molar-refractivity contribution in [1.29, 1.82) is 0 Å². The van der Waals surface area contributed by atoms with E-state index in [1.165, 1.54) is 31.6 Å². The second-order valence-corrected chi connectivity index (χ2v) is 6.58. The molecule has 2 aromatic rings. The summed E-state index contributed by atoms with van der Waals surface area (Å²) in [6.45, 7) is 0. The highest BCUT2D eigenvalue weighted by atomic mass is 79.9. The monoisotopic (exact) mass is 344 g/mol. The maximum absolute atomic E-state index is 13.4. The number of anilines is 1. The molecule has 0 fully saturated rings. The molecule has 0 aliphatic rings. The average Bonchev–Trinajstić information content (AvgIpc) is 2.41. The van der Waals surface area contributed by atoms with Crippen LogP contribution in [0.3, 0.4) is 0 Å².